The molecule has 0 aliphatic heterocycles. The van der Waals surface area contributed by atoms with Crippen LogP contribution in [0.25, 0.3) is 5.69 Å². The predicted molar refractivity (Wildman–Crippen MR) is 120 cm³/mol. The Hall–Kier alpha value is -3.69. The van der Waals surface area contributed by atoms with Crippen LogP contribution in [0.4, 0.5) is 15.8 Å². The van der Waals surface area contributed by atoms with Crippen molar-refractivity contribution in [1.82, 2.24) is 9.55 Å². The lowest BCUT2D eigenvalue weighted by molar-refractivity contribution is 0.102. The highest BCUT2D eigenvalue weighted by atomic mass is 35.5. The number of carbonyl (C=O) groups excluding carboxylic acids is 1. The Balaban J connectivity index is 1.49. The number of carbonyl (C=O) groups is 1. The summed E-state index contributed by atoms with van der Waals surface area (Å²) in [6.45, 7) is 0. The summed E-state index contributed by atoms with van der Waals surface area (Å²) >= 11 is 5.67. The molecule has 10 heteroatoms. The number of para-hydroxylation sites is 2. The van der Waals surface area contributed by atoms with Gasteiger partial charge in [-0.1, -0.05) is 23.7 Å². The highest BCUT2D eigenvalue weighted by molar-refractivity contribution is 7.92. The van der Waals surface area contributed by atoms with Crippen LogP contribution in [-0.2, 0) is 10.0 Å². The van der Waals surface area contributed by atoms with Crippen LogP contribution in [0.15, 0.2) is 90.3 Å². The number of halogens is 2. The normalized spacial score (nSPS) is 11.2. The van der Waals surface area contributed by atoms with E-state index in [4.69, 9.17) is 11.6 Å². The molecular formula is C22H16ClFN4O3S. The molecule has 4 aromatic rings. The lowest BCUT2D eigenvalue weighted by atomic mass is 10.2. The first-order valence-electron chi connectivity index (χ1n) is 9.30. The van der Waals surface area contributed by atoms with Gasteiger partial charge in [0.05, 0.1) is 27.6 Å². The third kappa shape index (κ3) is 4.63. The van der Waals surface area contributed by atoms with Crippen molar-refractivity contribution in [2.24, 2.45) is 0 Å². The van der Waals surface area contributed by atoms with E-state index in [2.05, 4.69) is 15.0 Å². The van der Waals surface area contributed by atoms with Crippen LogP contribution in [0.2, 0.25) is 5.02 Å². The Morgan fingerprint density at radius 2 is 1.78 bits per heavy atom. The molecule has 0 bridgehead atoms. The molecule has 162 valence electrons. The Labute approximate surface area is 188 Å². The average molecular weight is 471 g/mol. The van der Waals surface area contributed by atoms with Gasteiger partial charge in [0, 0.05) is 23.6 Å². The van der Waals surface area contributed by atoms with Gasteiger partial charge in [-0.05, 0) is 54.6 Å². The first-order valence-corrected chi connectivity index (χ1v) is 11.2. The standard InChI is InChI=1S/C22H16ClFN4O3S/c23-18-13-17(9-10-19(18)24)32(30,31)27-16-7-5-15(6-8-16)22(29)26-20-3-1-2-4-21(20)28-12-11-25-14-28/h1-14,27H,(H,26,29). The molecule has 0 saturated carbocycles. The number of imidazole rings is 1. The van der Waals surface area contributed by atoms with Crippen molar-refractivity contribution in [3.63, 3.8) is 0 Å². The maximum Gasteiger partial charge on any atom is 0.261 e. The van der Waals surface area contributed by atoms with Crippen LogP contribution in [0.5, 0.6) is 0 Å². The second kappa shape index (κ2) is 8.81. The van der Waals surface area contributed by atoms with E-state index in [0.29, 0.717) is 11.3 Å². The van der Waals surface area contributed by atoms with E-state index in [-0.39, 0.29) is 21.5 Å². The Kier molecular flexibility index (Phi) is 5.93. The summed E-state index contributed by atoms with van der Waals surface area (Å²) in [7, 11) is -3.98. The fraction of sp³-hybridized carbons (Fsp3) is 0. The number of sulfonamides is 1. The van der Waals surface area contributed by atoms with Gasteiger partial charge in [0.2, 0.25) is 0 Å². The zero-order valence-corrected chi connectivity index (χ0v) is 17.9. The monoisotopic (exact) mass is 470 g/mol. The molecule has 0 unspecified atom stereocenters. The summed E-state index contributed by atoms with van der Waals surface area (Å²) < 4.78 is 42.4. The van der Waals surface area contributed by atoms with Crippen LogP contribution >= 0.6 is 11.6 Å². The first kappa shape index (κ1) is 21.5. The van der Waals surface area contributed by atoms with E-state index in [1.807, 2.05) is 12.1 Å². The minimum atomic E-state index is -3.98. The quantitative estimate of drug-likeness (QED) is 0.426. The summed E-state index contributed by atoms with van der Waals surface area (Å²) in [5, 5.41) is 2.55. The summed E-state index contributed by atoms with van der Waals surface area (Å²) in [6.07, 6.45) is 5.03. The molecule has 1 heterocycles. The van der Waals surface area contributed by atoms with Crippen molar-refractivity contribution in [2.75, 3.05) is 10.0 Å². The van der Waals surface area contributed by atoms with Gasteiger partial charge in [0.1, 0.15) is 5.82 Å². The second-order valence-electron chi connectivity index (χ2n) is 6.70. The zero-order valence-electron chi connectivity index (χ0n) is 16.4. The van der Waals surface area contributed by atoms with E-state index in [1.54, 1.807) is 35.4 Å². The molecule has 0 atom stereocenters. The number of nitrogens with one attached hydrogen (secondary N) is 2. The summed E-state index contributed by atoms with van der Waals surface area (Å²) in [6, 6.07) is 16.3. The summed E-state index contributed by atoms with van der Waals surface area (Å²) in [5.41, 5.74) is 1.91. The molecular weight excluding hydrogens is 455 g/mol. The fourth-order valence-corrected chi connectivity index (χ4v) is 4.28. The van der Waals surface area contributed by atoms with Crippen LogP contribution in [-0.4, -0.2) is 23.9 Å². The number of anilines is 2. The van der Waals surface area contributed by atoms with E-state index >= 15 is 0 Å². The third-order valence-corrected chi connectivity index (χ3v) is 6.20. The topological polar surface area (TPSA) is 93.1 Å². The molecule has 0 saturated heterocycles. The number of benzene rings is 3. The smallest absolute Gasteiger partial charge is 0.261 e. The van der Waals surface area contributed by atoms with Crippen molar-refractivity contribution in [3.8, 4) is 5.69 Å². The molecule has 0 fully saturated rings. The largest absolute Gasteiger partial charge is 0.320 e. The van der Waals surface area contributed by atoms with Crippen molar-refractivity contribution < 1.29 is 17.6 Å². The fourth-order valence-electron chi connectivity index (χ4n) is 2.95. The van der Waals surface area contributed by atoms with Crippen molar-refractivity contribution in [3.05, 3.63) is 102 Å². The van der Waals surface area contributed by atoms with Crippen molar-refractivity contribution in [2.45, 2.75) is 4.90 Å². The SMILES string of the molecule is O=C(Nc1ccccc1-n1ccnc1)c1ccc(NS(=O)(=O)c2ccc(F)c(Cl)c2)cc1. The number of rotatable bonds is 6. The highest BCUT2D eigenvalue weighted by Crippen LogP contribution is 2.23. The lowest BCUT2D eigenvalue weighted by Crippen LogP contribution is -2.15. The second-order valence-corrected chi connectivity index (χ2v) is 8.79. The summed E-state index contributed by atoms with van der Waals surface area (Å²) in [5.74, 6) is -1.08. The molecule has 3 aromatic carbocycles. The van der Waals surface area contributed by atoms with E-state index in [1.165, 1.54) is 24.3 Å². The molecule has 0 aliphatic rings. The maximum absolute atomic E-state index is 13.3. The Morgan fingerprint density at radius 1 is 1.03 bits per heavy atom. The number of nitrogens with zero attached hydrogens (tertiary/aromatic N) is 2. The molecule has 1 amide bonds. The Morgan fingerprint density at radius 3 is 2.47 bits per heavy atom. The van der Waals surface area contributed by atoms with Gasteiger partial charge < -0.3 is 9.88 Å². The van der Waals surface area contributed by atoms with Crippen LogP contribution in [0, 0.1) is 5.82 Å². The minimum Gasteiger partial charge on any atom is -0.320 e. The van der Waals surface area contributed by atoms with Gasteiger partial charge in [-0.3, -0.25) is 9.52 Å². The molecule has 0 aliphatic carbocycles. The average Bonchev–Trinajstić information content (AvgIpc) is 3.31. The van der Waals surface area contributed by atoms with Gasteiger partial charge >= 0.3 is 0 Å². The van der Waals surface area contributed by atoms with Gasteiger partial charge in [-0.2, -0.15) is 0 Å². The Bertz CT molecular complexity index is 1370. The first-order chi connectivity index (χ1) is 15.3. The van der Waals surface area contributed by atoms with E-state index in [0.717, 1.165) is 23.9 Å². The molecule has 4 rings (SSSR count). The third-order valence-electron chi connectivity index (χ3n) is 4.54. The van der Waals surface area contributed by atoms with Gasteiger partial charge in [0.15, 0.2) is 0 Å². The van der Waals surface area contributed by atoms with Gasteiger partial charge in [-0.15, -0.1) is 0 Å². The van der Waals surface area contributed by atoms with Gasteiger partial charge in [-0.25, -0.2) is 17.8 Å². The number of aromatic nitrogens is 2. The molecule has 7 nitrogen and oxygen atoms in total. The molecule has 2 N–H and O–H groups in total. The molecule has 1 aromatic heterocycles. The summed E-state index contributed by atoms with van der Waals surface area (Å²) in [4.78, 5) is 16.5. The molecule has 32 heavy (non-hydrogen) atoms. The number of hydrogen-bond acceptors (Lipinski definition) is 4. The number of hydrogen-bond donors (Lipinski definition) is 2. The van der Waals surface area contributed by atoms with Crippen molar-refractivity contribution >= 4 is 38.9 Å². The van der Waals surface area contributed by atoms with Crippen LogP contribution in [0.1, 0.15) is 10.4 Å². The van der Waals surface area contributed by atoms with Gasteiger partial charge in [0.25, 0.3) is 15.9 Å². The lowest BCUT2D eigenvalue weighted by Gasteiger charge is -2.12. The predicted octanol–water partition coefficient (Wildman–Crippen LogP) is 4.72. The van der Waals surface area contributed by atoms with E-state index < -0.39 is 15.8 Å². The van der Waals surface area contributed by atoms with Crippen LogP contribution in [0.3, 0.4) is 0 Å². The zero-order chi connectivity index (χ0) is 22.7. The van der Waals surface area contributed by atoms with E-state index in [9.17, 15) is 17.6 Å². The van der Waals surface area contributed by atoms with Crippen molar-refractivity contribution in [1.29, 1.82) is 0 Å². The molecule has 0 spiro atoms. The molecule has 0 radical (unpaired) electrons. The van der Waals surface area contributed by atoms with Crippen LogP contribution < -0.4 is 10.0 Å². The number of amides is 1. The highest BCUT2D eigenvalue weighted by Gasteiger charge is 2.17. The maximum atomic E-state index is 13.3. The minimum absolute atomic E-state index is 0.179.